The summed E-state index contributed by atoms with van der Waals surface area (Å²) >= 11 is 1.34. The number of hydrogen-bond acceptors (Lipinski definition) is 4. The Morgan fingerprint density at radius 1 is 1.13 bits per heavy atom. The highest BCUT2D eigenvalue weighted by Crippen LogP contribution is 2.55. The molecule has 4 saturated carbocycles. The molecule has 1 saturated heterocycles. The van der Waals surface area contributed by atoms with Crippen LogP contribution in [0.1, 0.15) is 54.4 Å². The zero-order chi connectivity index (χ0) is 20.9. The number of benzene rings is 1. The summed E-state index contributed by atoms with van der Waals surface area (Å²) in [5.74, 6) is 2.20. The van der Waals surface area contributed by atoms with Crippen LogP contribution in [0.15, 0.2) is 35.4 Å². The first-order valence-corrected chi connectivity index (χ1v) is 12.0. The molecule has 5 fully saturated rings. The van der Waals surface area contributed by atoms with Crippen molar-refractivity contribution in [3.8, 4) is 0 Å². The van der Waals surface area contributed by atoms with Gasteiger partial charge in [0.05, 0.1) is 10.8 Å². The lowest BCUT2D eigenvalue weighted by molar-refractivity contribution is -0.134. The monoisotopic (exact) mass is 424 g/mol. The Morgan fingerprint density at radius 3 is 2.40 bits per heavy atom. The van der Waals surface area contributed by atoms with Gasteiger partial charge in [-0.05, 0) is 68.8 Å². The maximum absolute atomic E-state index is 13.0. The van der Waals surface area contributed by atoms with Crippen LogP contribution in [0.25, 0.3) is 0 Å². The van der Waals surface area contributed by atoms with Crippen molar-refractivity contribution in [1.82, 2.24) is 10.2 Å². The fourth-order valence-electron chi connectivity index (χ4n) is 6.48. The number of nitrogens with zero attached hydrogens (tertiary/aromatic N) is 1. The Labute approximate surface area is 181 Å². The molecular formula is C24H28N2O3S. The lowest BCUT2D eigenvalue weighted by Gasteiger charge is -2.57. The highest BCUT2D eigenvalue weighted by atomic mass is 32.2. The summed E-state index contributed by atoms with van der Waals surface area (Å²) in [5, 5.41) is 3.91. The Morgan fingerprint density at radius 2 is 1.77 bits per heavy atom. The number of amides is 2. The van der Waals surface area contributed by atoms with Gasteiger partial charge >= 0.3 is 0 Å². The number of allylic oxidation sites excluding steroid dienone is 1. The number of ketones is 1. The molecule has 0 spiro atoms. The van der Waals surface area contributed by atoms with Gasteiger partial charge in [-0.3, -0.25) is 19.3 Å². The van der Waals surface area contributed by atoms with Crippen molar-refractivity contribution in [2.75, 3.05) is 12.3 Å². The van der Waals surface area contributed by atoms with Crippen LogP contribution < -0.4 is 5.32 Å². The van der Waals surface area contributed by atoms with Crippen molar-refractivity contribution < 1.29 is 14.4 Å². The van der Waals surface area contributed by atoms with Gasteiger partial charge < -0.3 is 5.32 Å². The minimum atomic E-state index is -0.128. The SMILES string of the molecule is Cc1ccccc1C(=O)/C=C1\SCC(=O)N1CC(=O)NC12CC3CC(CC(C3)C1)C2. The van der Waals surface area contributed by atoms with Crippen molar-refractivity contribution in [3.63, 3.8) is 0 Å². The van der Waals surface area contributed by atoms with Gasteiger partial charge in [0.15, 0.2) is 5.78 Å². The van der Waals surface area contributed by atoms with E-state index in [1.54, 1.807) is 6.07 Å². The average molecular weight is 425 g/mol. The van der Waals surface area contributed by atoms with Gasteiger partial charge in [-0.15, -0.1) is 0 Å². The van der Waals surface area contributed by atoms with E-state index in [-0.39, 0.29) is 35.4 Å². The van der Waals surface area contributed by atoms with Crippen LogP contribution in [-0.4, -0.2) is 40.3 Å². The highest BCUT2D eigenvalue weighted by molar-refractivity contribution is 8.04. The van der Waals surface area contributed by atoms with E-state index in [0.717, 1.165) is 42.6 Å². The Kier molecular flexibility index (Phi) is 5.00. The summed E-state index contributed by atoms with van der Waals surface area (Å²) in [6.45, 7) is 1.90. The van der Waals surface area contributed by atoms with Crippen LogP contribution in [0.2, 0.25) is 0 Å². The maximum Gasteiger partial charge on any atom is 0.240 e. The number of rotatable bonds is 5. The minimum Gasteiger partial charge on any atom is -0.349 e. The van der Waals surface area contributed by atoms with Gasteiger partial charge in [0.2, 0.25) is 11.8 Å². The average Bonchev–Trinajstić information content (AvgIpc) is 3.00. The first-order valence-electron chi connectivity index (χ1n) is 11.0. The van der Waals surface area contributed by atoms with Gasteiger partial charge in [-0.1, -0.05) is 36.0 Å². The van der Waals surface area contributed by atoms with Crippen LogP contribution in [0.4, 0.5) is 0 Å². The van der Waals surface area contributed by atoms with Crippen molar-refractivity contribution in [1.29, 1.82) is 0 Å². The third-order valence-corrected chi connectivity index (χ3v) is 8.35. The van der Waals surface area contributed by atoms with Crippen molar-refractivity contribution in [2.45, 2.75) is 51.0 Å². The second-order valence-corrected chi connectivity index (χ2v) is 10.7. The Bertz CT molecular complexity index is 903. The second-order valence-electron chi connectivity index (χ2n) is 9.68. The molecule has 0 atom stereocenters. The van der Waals surface area contributed by atoms with Crippen LogP contribution in [-0.2, 0) is 9.59 Å². The zero-order valence-corrected chi connectivity index (χ0v) is 18.2. The van der Waals surface area contributed by atoms with E-state index >= 15 is 0 Å². The van der Waals surface area contributed by atoms with E-state index in [9.17, 15) is 14.4 Å². The smallest absolute Gasteiger partial charge is 0.240 e. The molecule has 0 aromatic heterocycles. The second kappa shape index (κ2) is 7.56. The molecule has 1 N–H and O–H groups in total. The molecule has 0 radical (unpaired) electrons. The molecule has 158 valence electrons. The Hall–Kier alpha value is -2.08. The van der Waals surface area contributed by atoms with E-state index < -0.39 is 0 Å². The molecule has 1 heterocycles. The number of aryl methyl sites for hydroxylation is 1. The standard InChI is InChI=1S/C24H28N2O3S/c1-15-4-2-3-5-19(15)20(27)9-23-26(22(29)14-30-23)13-21(28)25-24-10-16-6-17(11-24)8-18(7-16)12-24/h2-5,9,16-18H,6-8,10-14H2,1H3,(H,25,28)/b23-9-. The predicted octanol–water partition coefficient (Wildman–Crippen LogP) is 3.68. The summed E-state index contributed by atoms with van der Waals surface area (Å²) < 4.78 is 0. The van der Waals surface area contributed by atoms with Crippen LogP contribution in [0.5, 0.6) is 0 Å². The summed E-state index contributed by atoms with van der Waals surface area (Å²) in [5.41, 5.74) is 1.46. The third-order valence-electron chi connectivity index (χ3n) is 7.32. The molecule has 6 heteroatoms. The highest BCUT2D eigenvalue weighted by Gasteiger charge is 2.51. The first-order chi connectivity index (χ1) is 14.4. The van der Waals surface area contributed by atoms with E-state index in [1.807, 2.05) is 25.1 Å². The normalized spacial score (nSPS) is 33.4. The summed E-state index contributed by atoms with van der Waals surface area (Å²) in [7, 11) is 0. The van der Waals surface area contributed by atoms with Gasteiger partial charge in [0.25, 0.3) is 0 Å². The zero-order valence-electron chi connectivity index (χ0n) is 17.4. The largest absolute Gasteiger partial charge is 0.349 e. The molecule has 1 aromatic carbocycles. The van der Waals surface area contributed by atoms with E-state index in [0.29, 0.717) is 10.6 Å². The molecule has 1 aliphatic heterocycles. The molecule has 5 nitrogen and oxygen atoms in total. The van der Waals surface area contributed by atoms with E-state index in [2.05, 4.69) is 5.32 Å². The number of hydrogen-bond donors (Lipinski definition) is 1. The lowest BCUT2D eigenvalue weighted by atomic mass is 9.53. The van der Waals surface area contributed by atoms with Gasteiger partial charge in [0.1, 0.15) is 6.54 Å². The fraction of sp³-hybridized carbons (Fsp3) is 0.542. The number of carbonyl (C=O) groups excluding carboxylic acids is 3. The predicted molar refractivity (Wildman–Crippen MR) is 117 cm³/mol. The molecule has 4 aliphatic carbocycles. The van der Waals surface area contributed by atoms with Crippen molar-refractivity contribution in [2.24, 2.45) is 17.8 Å². The quantitative estimate of drug-likeness (QED) is 0.578. The van der Waals surface area contributed by atoms with Gasteiger partial charge in [-0.25, -0.2) is 0 Å². The molecular weight excluding hydrogens is 396 g/mol. The summed E-state index contributed by atoms with van der Waals surface area (Å²) in [6, 6.07) is 7.42. The molecule has 1 aromatic rings. The molecule has 0 unspecified atom stereocenters. The topological polar surface area (TPSA) is 66.5 Å². The lowest BCUT2D eigenvalue weighted by Crippen LogP contribution is -2.61. The maximum atomic E-state index is 13.0. The number of carbonyl (C=O) groups is 3. The van der Waals surface area contributed by atoms with Gasteiger partial charge in [-0.2, -0.15) is 0 Å². The van der Waals surface area contributed by atoms with E-state index in [4.69, 9.17) is 0 Å². The number of nitrogens with one attached hydrogen (secondary N) is 1. The summed E-state index contributed by atoms with van der Waals surface area (Å²) in [6.07, 6.45) is 8.74. The third kappa shape index (κ3) is 3.70. The summed E-state index contributed by atoms with van der Waals surface area (Å²) in [4.78, 5) is 39.6. The van der Waals surface area contributed by atoms with Crippen LogP contribution in [0.3, 0.4) is 0 Å². The fourth-order valence-corrected chi connectivity index (χ4v) is 7.42. The first kappa shape index (κ1) is 19.9. The van der Waals surface area contributed by atoms with Crippen molar-refractivity contribution >= 4 is 29.4 Å². The molecule has 4 bridgehead atoms. The molecule has 30 heavy (non-hydrogen) atoms. The molecule has 6 rings (SSSR count). The van der Waals surface area contributed by atoms with Crippen LogP contribution >= 0.6 is 11.8 Å². The Balaban J connectivity index is 1.28. The molecule has 5 aliphatic rings. The molecule has 2 amide bonds. The van der Waals surface area contributed by atoms with Crippen LogP contribution in [0, 0.1) is 24.7 Å². The van der Waals surface area contributed by atoms with E-state index in [1.165, 1.54) is 42.0 Å². The number of thioether (sulfide) groups is 1. The van der Waals surface area contributed by atoms with Gasteiger partial charge in [0, 0.05) is 17.2 Å². The minimum absolute atomic E-state index is 0.000465. The van der Waals surface area contributed by atoms with Crippen molar-refractivity contribution in [3.05, 3.63) is 46.5 Å².